The van der Waals surface area contributed by atoms with Crippen molar-refractivity contribution in [1.29, 1.82) is 0 Å². The lowest BCUT2D eigenvalue weighted by molar-refractivity contribution is -0.120. The minimum absolute atomic E-state index is 0.0419. The smallest absolute Gasteiger partial charge is 0.335 e. The molecule has 0 heterocycles. The lowest BCUT2D eigenvalue weighted by Crippen LogP contribution is -2.35. The first-order valence-electron chi connectivity index (χ1n) is 6.57. The summed E-state index contributed by atoms with van der Waals surface area (Å²) in [6.07, 6.45) is 0.911. The van der Waals surface area contributed by atoms with Crippen LogP contribution in [0.5, 0.6) is 5.75 Å². The van der Waals surface area contributed by atoms with Crippen LogP contribution in [0.2, 0.25) is 0 Å². The molecule has 0 saturated carbocycles. The molecular weight excluding hydrogens is 260 g/mol. The van der Waals surface area contributed by atoms with E-state index in [4.69, 9.17) is 9.84 Å². The van der Waals surface area contributed by atoms with E-state index in [1.54, 1.807) is 12.1 Å². The monoisotopic (exact) mass is 280 g/mol. The van der Waals surface area contributed by atoms with E-state index in [1.165, 1.54) is 12.1 Å². The van der Waals surface area contributed by atoms with Gasteiger partial charge in [-0.2, -0.15) is 0 Å². The van der Waals surface area contributed by atoms with Gasteiger partial charge in [-0.15, -0.1) is 0 Å². The van der Waals surface area contributed by atoms with Crippen molar-refractivity contribution in [3.63, 3.8) is 0 Å². The van der Waals surface area contributed by atoms with E-state index in [2.05, 4.69) is 10.6 Å². The lowest BCUT2D eigenvalue weighted by Gasteiger charge is -2.08. The lowest BCUT2D eigenvalue weighted by atomic mass is 10.2. The number of benzene rings is 1. The number of hydrogen-bond acceptors (Lipinski definition) is 4. The number of carboxylic acid groups (broad SMARTS) is 1. The van der Waals surface area contributed by atoms with Crippen LogP contribution in [0, 0.1) is 0 Å². The maximum atomic E-state index is 11.3. The number of carboxylic acids is 1. The molecule has 1 rings (SSSR count). The van der Waals surface area contributed by atoms with E-state index >= 15 is 0 Å². The molecule has 6 nitrogen and oxygen atoms in total. The first kappa shape index (κ1) is 16.0. The Morgan fingerprint density at radius 2 is 2.10 bits per heavy atom. The van der Waals surface area contributed by atoms with Crippen LogP contribution in [-0.2, 0) is 4.79 Å². The highest BCUT2D eigenvalue weighted by Gasteiger charge is 2.03. The molecule has 0 aliphatic rings. The molecule has 0 aromatic heterocycles. The Morgan fingerprint density at radius 1 is 1.30 bits per heavy atom. The summed E-state index contributed by atoms with van der Waals surface area (Å²) < 4.78 is 5.40. The van der Waals surface area contributed by atoms with Crippen LogP contribution >= 0.6 is 0 Å². The Morgan fingerprint density at radius 3 is 2.80 bits per heavy atom. The third-order valence-corrected chi connectivity index (χ3v) is 2.49. The maximum Gasteiger partial charge on any atom is 0.335 e. The second kappa shape index (κ2) is 8.92. The molecule has 0 fully saturated rings. The third-order valence-electron chi connectivity index (χ3n) is 2.49. The Balaban J connectivity index is 2.19. The van der Waals surface area contributed by atoms with Gasteiger partial charge in [0.15, 0.2) is 0 Å². The van der Waals surface area contributed by atoms with Crippen LogP contribution in [0.1, 0.15) is 23.7 Å². The Labute approximate surface area is 118 Å². The molecule has 0 radical (unpaired) electrons. The molecule has 0 aliphatic carbocycles. The maximum absolute atomic E-state index is 11.3. The Kier molecular flexibility index (Phi) is 7.13. The van der Waals surface area contributed by atoms with E-state index in [0.717, 1.165) is 6.42 Å². The Bertz CT molecular complexity index is 449. The fraction of sp³-hybridized carbons (Fsp3) is 0.429. The molecule has 0 unspecified atom stereocenters. The molecule has 1 amide bonds. The molecule has 0 aliphatic heterocycles. The van der Waals surface area contributed by atoms with Gasteiger partial charge in [0.1, 0.15) is 12.4 Å². The van der Waals surface area contributed by atoms with Crippen molar-refractivity contribution in [3.8, 4) is 5.75 Å². The van der Waals surface area contributed by atoms with Crippen LogP contribution < -0.4 is 15.4 Å². The second-order valence-electron chi connectivity index (χ2n) is 4.21. The van der Waals surface area contributed by atoms with Gasteiger partial charge in [-0.25, -0.2) is 4.79 Å². The molecule has 0 spiro atoms. The number of nitrogens with one attached hydrogen (secondary N) is 2. The molecule has 6 heteroatoms. The predicted molar refractivity (Wildman–Crippen MR) is 75.1 cm³/mol. The highest BCUT2D eigenvalue weighted by Crippen LogP contribution is 2.12. The van der Waals surface area contributed by atoms with Gasteiger partial charge in [0.05, 0.1) is 12.1 Å². The average Bonchev–Trinajstić information content (AvgIpc) is 2.45. The molecule has 1 aromatic rings. The summed E-state index contributed by atoms with van der Waals surface area (Å²) in [5.74, 6) is -0.525. The van der Waals surface area contributed by atoms with Crippen molar-refractivity contribution in [2.75, 3.05) is 26.2 Å². The van der Waals surface area contributed by atoms with Gasteiger partial charge in [-0.1, -0.05) is 13.0 Å². The summed E-state index contributed by atoms with van der Waals surface area (Å²) >= 11 is 0. The van der Waals surface area contributed by atoms with Crippen LogP contribution in [0.4, 0.5) is 0 Å². The first-order valence-corrected chi connectivity index (χ1v) is 6.57. The molecule has 3 N–H and O–H groups in total. The minimum Gasteiger partial charge on any atom is -0.492 e. The van der Waals surface area contributed by atoms with Gasteiger partial charge < -0.3 is 20.5 Å². The van der Waals surface area contributed by atoms with Crippen molar-refractivity contribution in [1.82, 2.24) is 10.6 Å². The molecular formula is C14H20N2O4. The quantitative estimate of drug-likeness (QED) is 0.584. The number of aromatic carboxylic acids is 1. The summed E-state index contributed by atoms with van der Waals surface area (Å²) in [7, 11) is 0. The van der Waals surface area contributed by atoms with Gasteiger partial charge in [0.2, 0.25) is 5.91 Å². The molecule has 0 bridgehead atoms. The van der Waals surface area contributed by atoms with Gasteiger partial charge >= 0.3 is 5.97 Å². The van der Waals surface area contributed by atoms with Gasteiger partial charge in [-0.3, -0.25) is 4.79 Å². The van der Waals surface area contributed by atoms with E-state index in [9.17, 15) is 9.59 Å². The number of hydrogen-bond donors (Lipinski definition) is 3. The zero-order valence-electron chi connectivity index (χ0n) is 11.5. The van der Waals surface area contributed by atoms with Gasteiger partial charge in [-0.05, 0) is 24.6 Å². The molecule has 110 valence electrons. The fourth-order valence-electron chi connectivity index (χ4n) is 1.49. The number of rotatable bonds is 9. The topological polar surface area (TPSA) is 87.7 Å². The summed E-state index contributed by atoms with van der Waals surface area (Å²) in [5.41, 5.74) is 0.189. The van der Waals surface area contributed by atoms with Crippen molar-refractivity contribution in [3.05, 3.63) is 29.8 Å². The number of carbonyl (C=O) groups excluding carboxylic acids is 1. The number of ether oxygens (including phenoxy) is 1. The van der Waals surface area contributed by atoms with Crippen LogP contribution in [0.15, 0.2) is 24.3 Å². The van der Waals surface area contributed by atoms with Crippen molar-refractivity contribution < 1.29 is 19.4 Å². The first-order chi connectivity index (χ1) is 9.63. The molecule has 20 heavy (non-hydrogen) atoms. The zero-order valence-corrected chi connectivity index (χ0v) is 11.5. The summed E-state index contributed by atoms with van der Waals surface area (Å²) in [4.78, 5) is 22.1. The summed E-state index contributed by atoms with van der Waals surface area (Å²) in [5, 5.41) is 14.5. The van der Waals surface area contributed by atoms with Crippen LogP contribution in [0.3, 0.4) is 0 Å². The standard InChI is InChI=1S/C14H20N2O4/c1-2-6-16-13(17)10-15-7-8-20-12-5-3-4-11(9-12)14(18)19/h3-5,9,15H,2,6-8,10H2,1H3,(H,16,17)(H,18,19). The van der Waals surface area contributed by atoms with Crippen molar-refractivity contribution >= 4 is 11.9 Å². The zero-order chi connectivity index (χ0) is 14.8. The van der Waals surface area contributed by atoms with E-state index in [0.29, 0.717) is 25.4 Å². The molecule has 1 aromatic carbocycles. The SMILES string of the molecule is CCCNC(=O)CNCCOc1cccc(C(=O)O)c1. The minimum atomic E-state index is -0.985. The van der Waals surface area contributed by atoms with Gasteiger partial charge in [0.25, 0.3) is 0 Å². The normalized spacial score (nSPS) is 10.1. The van der Waals surface area contributed by atoms with Crippen molar-refractivity contribution in [2.24, 2.45) is 0 Å². The molecule has 0 saturated heterocycles. The van der Waals surface area contributed by atoms with Crippen LogP contribution in [-0.4, -0.2) is 43.2 Å². The predicted octanol–water partition coefficient (Wildman–Crippen LogP) is 0.879. The third kappa shape index (κ3) is 6.19. The highest BCUT2D eigenvalue weighted by atomic mass is 16.5. The Hall–Kier alpha value is -2.08. The second-order valence-corrected chi connectivity index (χ2v) is 4.21. The van der Waals surface area contributed by atoms with Gasteiger partial charge in [0, 0.05) is 13.1 Å². The number of amides is 1. The van der Waals surface area contributed by atoms with E-state index < -0.39 is 5.97 Å². The highest BCUT2D eigenvalue weighted by molar-refractivity contribution is 5.88. The summed E-state index contributed by atoms with van der Waals surface area (Å²) in [6, 6.07) is 6.30. The van der Waals surface area contributed by atoms with Crippen LogP contribution in [0.25, 0.3) is 0 Å². The number of carbonyl (C=O) groups is 2. The molecule has 0 atom stereocenters. The fourth-order valence-corrected chi connectivity index (χ4v) is 1.49. The van der Waals surface area contributed by atoms with E-state index in [1.807, 2.05) is 6.92 Å². The summed E-state index contributed by atoms with van der Waals surface area (Å²) in [6.45, 7) is 3.80. The average molecular weight is 280 g/mol. The van der Waals surface area contributed by atoms with Crippen molar-refractivity contribution in [2.45, 2.75) is 13.3 Å². The van der Waals surface area contributed by atoms with E-state index in [-0.39, 0.29) is 18.0 Å². The largest absolute Gasteiger partial charge is 0.492 e.